The van der Waals surface area contributed by atoms with E-state index in [0.717, 1.165) is 26.2 Å². The fourth-order valence-electron chi connectivity index (χ4n) is 3.42. The van der Waals surface area contributed by atoms with Gasteiger partial charge in [0, 0.05) is 39.3 Å². The molecular weight excluding hydrogens is 474 g/mol. The van der Waals surface area contributed by atoms with Crippen molar-refractivity contribution in [3.8, 4) is 0 Å². The Labute approximate surface area is 216 Å². The fourth-order valence-corrected chi connectivity index (χ4v) is 3.42. The van der Waals surface area contributed by atoms with Gasteiger partial charge in [0.25, 0.3) is 0 Å². The molecule has 0 spiro atoms. The van der Waals surface area contributed by atoms with E-state index < -0.39 is 0 Å². The summed E-state index contributed by atoms with van der Waals surface area (Å²) in [6.07, 6.45) is -0.519. The summed E-state index contributed by atoms with van der Waals surface area (Å²) in [5, 5.41) is 10.00. The predicted molar refractivity (Wildman–Crippen MR) is 134 cm³/mol. The van der Waals surface area contributed by atoms with Crippen molar-refractivity contribution in [1.29, 1.82) is 0 Å². The van der Waals surface area contributed by atoms with Crippen molar-refractivity contribution in [2.24, 2.45) is 0 Å². The second-order valence-corrected chi connectivity index (χ2v) is 8.28. The third-order valence-electron chi connectivity index (χ3n) is 5.38. The lowest BCUT2D eigenvalue weighted by molar-refractivity contribution is -0.128. The Morgan fingerprint density at radius 3 is 1.00 bits per heavy atom. The van der Waals surface area contributed by atoms with Crippen molar-refractivity contribution in [2.75, 3.05) is 145 Å². The van der Waals surface area contributed by atoms with E-state index in [-0.39, 0.29) is 12.2 Å². The molecule has 2 rings (SSSR count). The number of nitrogens with one attached hydrogen (secondary N) is 3. The van der Waals surface area contributed by atoms with Crippen LogP contribution < -0.4 is 16.0 Å². The van der Waals surface area contributed by atoms with E-state index in [9.17, 15) is 0 Å². The predicted octanol–water partition coefficient (Wildman–Crippen LogP) is -1.33. The van der Waals surface area contributed by atoms with Crippen molar-refractivity contribution in [2.45, 2.75) is 12.2 Å². The highest BCUT2D eigenvalue weighted by atomic mass is 16.6. The Morgan fingerprint density at radius 1 is 0.306 bits per heavy atom. The topological polar surface area (TPSA) is 119 Å². The molecule has 0 aliphatic carbocycles. The normalized spacial score (nSPS) is 28.7. The molecule has 2 aliphatic heterocycles. The minimum atomic E-state index is -0.263. The van der Waals surface area contributed by atoms with Crippen LogP contribution in [0.3, 0.4) is 0 Å². The molecule has 2 aliphatic rings. The van der Waals surface area contributed by atoms with Crippen LogP contribution in [0.2, 0.25) is 0 Å². The highest BCUT2D eigenvalue weighted by Crippen LogP contribution is 2.07. The molecule has 0 aromatic heterocycles. The first-order valence-electron chi connectivity index (χ1n) is 13.4. The van der Waals surface area contributed by atoms with Crippen molar-refractivity contribution in [3.63, 3.8) is 0 Å². The lowest BCUT2D eigenvalue weighted by Gasteiger charge is -2.28. The van der Waals surface area contributed by atoms with E-state index in [1.807, 2.05) is 0 Å². The Hall–Kier alpha value is -0.480. The Morgan fingerprint density at radius 2 is 0.583 bits per heavy atom. The van der Waals surface area contributed by atoms with Gasteiger partial charge in [-0.2, -0.15) is 0 Å². The van der Waals surface area contributed by atoms with Crippen LogP contribution in [0.4, 0.5) is 0 Å². The van der Waals surface area contributed by atoms with Gasteiger partial charge in [-0.05, 0) is 0 Å². The fraction of sp³-hybridized carbons (Fsp3) is 1.00. The molecule has 0 bridgehead atoms. The van der Waals surface area contributed by atoms with Crippen LogP contribution in [-0.4, -0.2) is 157 Å². The summed E-state index contributed by atoms with van der Waals surface area (Å²) in [5.41, 5.74) is 0. The molecule has 12 nitrogen and oxygen atoms in total. The van der Waals surface area contributed by atoms with Crippen molar-refractivity contribution in [3.05, 3.63) is 0 Å². The number of rotatable bonds is 1. The lowest BCUT2D eigenvalue weighted by Crippen LogP contribution is -2.42. The summed E-state index contributed by atoms with van der Waals surface area (Å²) >= 11 is 0. The first kappa shape index (κ1) is 31.7. The van der Waals surface area contributed by atoms with Crippen LogP contribution in [0.15, 0.2) is 0 Å². The van der Waals surface area contributed by atoms with E-state index in [1.54, 1.807) is 0 Å². The van der Waals surface area contributed by atoms with E-state index in [0.29, 0.717) is 119 Å². The summed E-state index contributed by atoms with van der Waals surface area (Å²) in [7, 11) is 0. The van der Waals surface area contributed by atoms with Crippen LogP contribution in [0, 0.1) is 0 Å². The number of hydrogen-bond acceptors (Lipinski definition) is 12. The summed E-state index contributed by atoms with van der Waals surface area (Å²) in [6.45, 7) is 13.2. The van der Waals surface area contributed by atoms with Gasteiger partial charge < -0.3 is 58.6 Å². The molecule has 2 atom stereocenters. The van der Waals surface area contributed by atoms with Crippen molar-refractivity contribution in [1.82, 2.24) is 16.0 Å². The zero-order valence-electron chi connectivity index (χ0n) is 21.9. The first-order chi connectivity index (χ1) is 18.0. The SMILES string of the molecule is C1COCCOCCNCCOC(C2COCCOCCOCCOCCNCCO2)COCCN1. The molecule has 0 amide bonds. The van der Waals surface area contributed by atoms with Gasteiger partial charge in [-0.3, -0.25) is 0 Å². The van der Waals surface area contributed by atoms with E-state index >= 15 is 0 Å². The summed E-state index contributed by atoms with van der Waals surface area (Å²) in [5.74, 6) is 0. The second-order valence-electron chi connectivity index (χ2n) is 8.28. The van der Waals surface area contributed by atoms with Crippen LogP contribution in [-0.2, 0) is 42.6 Å². The zero-order chi connectivity index (χ0) is 25.2. The smallest absolute Gasteiger partial charge is 0.109 e. The maximum atomic E-state index is 6.20. The zero-order valence-corrected chi connectivity index (χ0v) is 21.9. The Balaban J connectivity index is 1.83. The van der Waals surface area contributed by atoms with Gasteiger partial charge in [0.05, 0.1) is 106 Å². The molecule has 36 heavy (non-hydrogen) atoms. The Bertz CT molecular complexity index is 393. The average molecular weight is 524 g/mol. The molecule has 12 heteroatoms. The molecule has 3 N–H and O–H groups in total. The van der Waals surface area contributed by atoms with Gasteiger partial charge in [-0.1, -0.05) is 0 Å². The molecular formula is C24H49N3O9. The minimum Gasteiger partial charge on any atom is -0.378 e. The van der Waals surface area contributed by atoms with Crippen molar-refractivity contribution >= 4 is 0 Å². The van der Waals surface area contributed by atoms with Gasteiger partial charge in [0.15, 0.2) is 0 Å². The number of hydrogen-bond donors (Lipinski definition) is 3. The van der Waals surface area contributed by atoms with Gasteiger partial charge in [-0.15, -0.1) is 0 Å². The molecule has 2 unspecified atom stereocenters. The van der Waals surface area contributed by atoms with Crippen LogP contribution in [0.1, 0.15) is 0 Å². The summed E-state index contributed by atoms with van der Waals surface area (Å²) < 4.78 is 52.0. The minimum absolute atomic E-state index is 0.256. The van der Waals surface area contributed by atoms with E-state index in [4.69, 9.17) is 42.6 Å². The molecule has 0 saturated carbocycles. The molecule has 0 aromatic carbocycles. The molecule has 2 fully saturated rings. The van der Waals surface area contributed by atoms with Crippen LogP contribution in [0.5, 0.6) is 0 Å². The summed E-state index contributed by atoms with van der Waals surface area (Å²) in [6, 6.07) is 0. The summed E-state index contributed by atoms with van der Waals surface area (Å²) in [4.78, 5) is 0. The van der Waals surface area contributed by atoms with Gasteiger partial charge in [0.2, 0.25) is 0 Å². The molecule has 0 aromatic rings. The largest absolute Gasteiger partial charge is 0.378 e. The maximum absolute atomic E-state index is 6.20. The van der Waals surface area contributed by atoms with Gasteiger partial charge >= 0.3 is 0 Å². The lowest BCUT2D eigenvalue weighted by atomic mass is 10.2. The van der Waals surface area contributed by atoms with Crippen LogP contribution >= 0.6 is 0 Å². The van der Waals surface area contributed by atoms with Gasteiger partial charge in [-0.25, -0.2) is 0 Å². The molecule has 2 saturated heterocycles. The molecule has 214 valence electrons. The molecule has 2 heterocycles. The van der Waals surface area contributed by atoms with E-state index in [2.05, 4.69) is 16.0 Å². The average Bonchev–Trinajstić information content (AvgIpc) is 2.89. The molecule has 0 radical (unpaired) electrons. The highest BCUT2D eigenvalue weighted by molar-refractivity contribution is 4.72. The third kappa shape index (κ3) is 18.7. The third-order valence-corrected chi connectivity index (χ3v) is 5.38. The first-order valence-corrected chi connectivity index (χ1v) is 13.4. The monoisotopic (exact) mass is 523 g/mol. The van der Waals surface area contributed by atoms with E-state index in [1.165, 1.54) is 0 Å². The van der Waals surface area contributed by atoms with Gasteiger partial charge in [0.1, 0.15) is 12.2 Å². The Kier molecular flexibility index (Phi) is 21.9. The maximum Gasteiger partial charge on any atom is 0.109 e. The quantitative estimate of drug-likeness (QED) is 0.378. The standard InChI is InChI=1S/C24H49N3O9/c1-7-28-13-14-29-8-2-26-5-11-35-23(21-33-10-4-25-1)24-22-34-20-19-32-18-17-31-16-15-30-9-3-27-6-12-36-24/h23-27H,1-22H2. The van der Waals surface area contributed by atoms with Crippen molar-refractivity contribution < 1.29 is 42.6 Å². The second kappa shape index (κ2) is 24.8. The van der Waals surface area contributed by atoms with Crippen LogP contribution in [0.25, 0.3) is 0 Å². The highest BCUT2D eigenvalue weighted by Gasteiger charge is 2.24. The number of ether oxygens (including phenoxy) is 9.